The van der Waals surface area contributed by atoms with Crippen molar-refractivity contribution in [2.45, 2.75) is 58.7 Å². The summed E-state index contributed by atoms with van der Waals surface area (Å²) in [5.74, 6) is 3.08. The molecule has 1 aliphatic carbocycles. The maximum absolute atomic E-state index is 5.51. The quantitative estimate of drug-likeness (QED) is 0.828. The van der Waals surface area contributed by atoms with E-state index in [0.29, 0.717) is 12.4 Å². The van der Waals surface area contributed by atoms with Crippen LogP contribution >= 0.6 is 24.8 Å². The van der Waals surface area contributed by atoms with Crippen LogP contribution in [0.1, 0.15) is 51.2 Å². The molecule has 1 aromatic rings. The fraction of sp³-hybridized carbons (Fsp3) is 0.882. The first-order valence-corrected chi connectivity index (χ1v) is 9.13. The monoisotopic (exact) mass is 393 g/mol. The van der Waals surface area contributed by atoms with Gasteiger partial charge in [-0.1, -0.05) is 19.0 Å². The number of halogens is 2. The Morgan fingerprint density at radius 2 is 1.72 bits per heavy atom. The normalized spacial score (nSPS) is 25.4. The molecular weight excluding hydrogens is 361 g/mol. The lowest BCUT2D eigenvalue weighted by atomic mass is 9.79. The van der Waals surface area contributed by atoms with Gasteiger partial charge in [0.2, 0.25) is 5.89 Å². The van der Waals surface area contributed by atoms with Crippen molar-refractivity contribution >= 4 is 24.8 Å². The molecule has 2 heterocycles. The van der Waals surface area contributed by atoms with Gasteiger partial charge in [0.1, 0.15) is 0 Å². The summed E-state index contributed by atoms with van der Waals surface area (Å²) in [5.41, 5.74) is 5.51. The molecule has 1 aliphatic heterocycles. The number of nitrogens with zero attached hydrogens (tertiary/aromatic N) is 4. The van der Waals surface area contributed by atoms with Gasteiger partial charge in [0.25, 0.3) is 0 Å². The Morgan fingerprint density at radius 3 is 2.24 bits per heavy atom. The molecule has 2 fully saturated rings. The van der Waals surface area contributed by atoms with Crippen LogP contribution in [-0.2, 0) is 13.1 Å². The third-order valence-electron chi connectivity index (χ3n) is 5.66. The largest absolute Gasteiger partial charge is 0.338 e. The van der Waals surface area contributed by atoms with E-state index in [1.54, 1.807) is 0 Å². The second kappa shape index (κ2) is 10.7. The third-order valence-corrected chi connectivity index (χ3v) is 5.66. The van der Waals surface area contributed by atoms with Crippen molar-refractivity contribution in [3.63, 3.8) is 0 Å². The van der Waals surface area contributed by atoms with Crippen LogP contribution in [0, 0.1) is 11.8 Å². The molecule has 3 rings (SSSR count). The van der Waals surface area contributed by atoms with E-state index in [9.17, 15) is 0 Å². The summed E-state index contributed by atoms with van der Waals surface area (Å²) < 4.78 is 5.08. The Bertz CT molecular complexity index is 483. The summed E-state index contributed by atoms with van der Waals surface area (Å²) in [6, 6.07) is 0.807. The van der Waals surface area contributed by atoms with Crippen molar-refractivity contribution < 1.29 is 4.52 Å². The highest BCUT2D eigenvalue weighted by molar-refractivity contribution is 5.85. The molecule has 6 nitrogen and oxygen atoms in total. The highest BCUT2D eigenvalue weighted by atomic mass is 35.5. The predicted octanol–water partition coefficient (Wildman–Crippen LogP) is 2.70. The lowest BCUT2D eigenvalue weighted by Crippen LogP contribution is -2.51. The smallest absolute Gasteiger partial charge is 0.240 e. The first-order chi connectivity index (χ1) is 11.2. The van der Waals surface area contributed by atoms with E-state index in [1.807, 2.05) is 0 Å². The molecular formula is C17H33Cl2N5O. The SMILES string of the molecule is CC(C)C1CCC(N2CCN(Cc3noc(CN)n3)CC2)CC1.Cl.Cl. The molecule has 1 saturated heterocycles. The van der Waals surface area contributed by atoms with Crippen LogP contribution < -0.4 is 5.73 Å². The molecule has 0 spiro atoms. The molecule has 0 bridgehead atoms. The van der Waals surface area contributed by atoms with E-state index in [0.717, 1.165) is 43.3 Å². The molecule has 0 radical (unpaired) electrons. The molecule has 1 saturated carbocycles. The van der Waals surface area contributed by atoms with E-state index in [2.05, 4.69) is 33.8 Å². The summed E-state index contributed by atoms with van der Waals surface area (Å²) in [7, 11) is 0. The molecule has 1 aromatic heterocycles. The zero-order valence-corrected chi connectivity index (χ0v) is 17.0. The Kier molecular flexibility index (Phi) is 9.67. The van der Waals surface area contributed by atoms with Gasteiger partial charge < -0.3 is 10.3 Å². The van der Waals surface area contributed by atoms with Gasteiger partial charge >= 0.3 is 0 Å². The van der Waals surface area contributed by atoms with Crippen molar-refractivity contribution in [3.8, 4) is 0 Å². The van der Waals surface area contributed by atoms with Gasteiger partial charge in [0.15, 0.2) is 5.82 Å². The maximum Gasteiger partial charge on any atom is 0.240 e. The summed E-state index contributed by atoms with van der Waals surface area (Å²) in [6.07, 6.45) is 5.58. The van der Waals surface area contributed by atoms with Crippen molar-refractivity contribution in [1.29, 1.82) is 0 Å². The van der Waals surface area contributed by atoms with Crippen LogP contribution in [0.5, 0.6) is 0 Å². The first-order valence-electron chi connectivity index (χ1n) is 9.13. The molecule has 2 aliphatic rings. The second-order valence-electron chi connectivity index (χ2n) is 7.43. The lowest BCUT2D eigenvalue weighted by Gasteiger charge is -2.42. The van der Waals surface area contributed by atoms with E-state index >= 15 is 0 Å². The maximum atomic E-state index is 5.51. The summed E-state index contributed by atoms with van der Waals surface area (Å²) in [5, 5.41) is 3.99. The number of rotatable bonds is 5. The van der Waals surface area contributed by atoms with Crippen molar-refractivity contribution in [3.05, 3.63) is 11.7 Å². The average molecular weight is 394 g/mol. The Morgan fingerprint density at radius 1 is 1.08 bits per heavy atom. The number of hydrogen-bond donors (Lipinski definition) is 1. The average Bonchev–Trinajstić information content (AvgIpc) is 3.03. The molecule has 0 unspecified atom stereocenters. The number of piperazine rings is 1. The molecule has 25 heavy (non-hydrogen) atoms. The molecule has 0 aromatic carbocycles. The van der Waals surface area contributed by atoms with Crippen LogP contribution in [0.15, 0.2) is 4.52 Å². The van der Waals surface area contributed by atoms with Crippen molar-refractivity contribution in [1.82, 2.24) is 19.9 Å². The standard InChI is InChI=1S/C17H31N5O.2ClH/c1-13(2)14-3-5-15(6-4-14)22-9-7-21(8-10-22)12-16-19-17(11-18)23-20-16;;/h13-15H,3-12,18H2,1-2H3;2*1H. The van der Waals surface area contributed by atoms with E-state index in [1.165, 1.54) is 38.8 Å². The second-order valence-corrected chi connectivity index (χ2v) is 7.43. The Labute approximate surface area is 163 Å². The zero-order valence-electron chi connectivity index (χ0n) is 15.4. The summed E-state index contributed by atoms with van der Waals surface area (Å²) >= 11 is 0. The number of nitrogens with two attached hydrogens (primary N) is 1. The van der Waals surface area contributed by atoms with Gasteiger partial charge in [0, 0.05) is 32.2 Å². The minimum atomic E-state index is 0. The van der Waals surface area contributed by atoms with E-state index in [4.69, 9.17) is 10.3 Å². The van der Waals surface area contributed by atoms with Gasteiger partial charge in [0.05, 0.1) is 13.1 Å². The minimum absolute atomic E-state index is 0. The van der Waals surface area contributed by atoms with Gasteiger partial charge in [-0.25, -0.2) is 0 Å². The predicted molar refractivity (Wildman–Crippen MR) is 104 cm³/mol. The first kappa shape index (κ1) is 22.6. The van der Waals surface area contributed by atoms with Crippen LogP contribution in [0.4, 0.5) is 0 Å². The Balaban J connectivity index is 0.00000156. The van der Waals surface area contributed by atoms with Crippen LogP contribution in [0.3, 0.4) is 0 Å². The lowest BCUT2D eigenvalue weighted by molar-refractivity contribution is 0.0613. The number of hydrogen-bond acceptors (Lipinski definition) is 6. The zero-order chi connectivity index (χ0) is 16.2. The van der Waals surface area contributed by atoms with Gasteiger partial charge in [-0.05, 0) is 37.5 Å². The summed E-state index contributed by atoms with van der Waals surface area (Å²) in [6.45, 7) is 10.4. The topological polar surface area (TPSA) is 71.4 Å². The van der Waals surface area contributed by atoms with Gasteiger partial charge in [-0.3, -0.25) is 9.80 Å². The van der Waals surface area contributed by atoms with E-state index < -0.39 is 0 Å². The van der Waals surface area contributed by atoms with Gasteiger partial charge in [-0.15, -0.1) is 24.8 Å². The fourth-order valence-corrected chi connectivity index (χ4v) is 4.06. The number of aromatic nitrogens is 2. The van der Waals surface area contributed by atoms with Crippen molar-refractivity contribution in [2.75, 3.05) is 26.2 Å². The summed E-state index contributed by atoms with van der Waals surface area (Å²) in [4.78, 5) is 9.42. The Hall–Kier alpha value is -0.400. The van der Waals surface area contributed by atoms with Crippen molar-refractivity contribution in [2.24, 2.45) is 17.6 Å². The third kappa shape index (κ3) is 6.07. The van der Waals surface area contributed by atoms with Crippen LogP contribution in [-0.4, -0.2) is 52.2 Å². The highest BCUT2D eigenvalue weighted by Crippen LogP contribution is 2.32. The van der Waals surface area contributed by atoms with E-state index in [-0.39, 0.29) is 24.8 Å². The van der Waals surface area contributed by atoms with Gasteiger partial charge in [-0.2, -0.15) is 4.98 Å². The van der Waals surface area contributed by atoms with Crippen LogP contribution in [0.25, 0.3) is 0 Å². The molecule has 0 atom stereocenters. The minimum Gasteiger partial charge on any atom is -0.338 e. The molecule has 0 amide bonds. The highest BCUT2D eigenvalue weighted by Gasteiger charge is 2.29. The molecule has 146 valence electrons. The molecule has 2 N–H and O–H groups in total. The fourth-order valence-electron chi connectivity index (χ4n) is 4.06. The molecule has 8 heteroatoms. The van der Waals surface area contributed by atoms with Crippen LogP contribution in [0.2, 0.25) is 0 Å².